The average Bonchev–Trinajstić information content (AvgIpc) is 2.82. The zero-order chi connectivity index (χ0) is 12.1. The van der Waals surface area contributed by atoms with E-state index in [1.54, 1.807) is 6.20 Å². The SMILES string of the molecule is Cc1ccc(OCCCn2cccn2)cc1C. The number of nitrogens with zero attached hydrogens (tertiary/aromatic N) is 2. The van der Waals surface area contributed by atoms with Crippen LogP contribution in [0.2, 0.25) is 0 Å². The van der Waals surface area contributed by atoms with Crippen LogP contribution in [0, 0.1) is 13.8 Å². The molecule has 1 aromatic heterocycles. The molecule has 0 fully saturated rings. The lowest BCUT2D eigenvalue weighted by Crippen LogP contribution is -2.04. The first kappa shape index (κ1) is 11.7. The van der Waals surface area contributed by atoms with Crippen molar-refractivity contribution in [1.82, 2.24) is 9.78 Å². The van der Waals surface area contributed by atoms with Gasteiger partial charge in [0.2, 0.25) is 0 Å². The summed E-state index contributed by atoms with van der Waals surface area (Å²) in [5.41, 5.74) is 2.57. The van der Waals surface area contributed by atoms with E-state index in [2.05, 4.69) is 31.1 Å². The first-order valence-electron chi connectivity index (χ1n) is 5.93. The summed E-state index contributed by atoms with van der Waals surface area (Å²) >= 11 is 0. The Balaban J connectivity index is 1.76. The Morgan fingerprint density at radius 1 is 1.24 bits per heavy atom. The molecule has 0 aliphatic carbocycles. The van der Waals surface area contributed by atoms with Crippen LogP contribution in [0.4, 0.5) is 0 Å². The zero-order valence-electron chi connectivity index (χ0n) is 10.4. The maximum absolute atomic E-state index is 5.70. The van der Waals surface area contributed by atoms with Gasteiger partial charge in [0.25, 0.3) is 0 Å². The van der Waals surface area contributed by atoms with Crippen molar-refractivity contribution in [2.24, 2.45) is 0 Å². The highest BCUT2D eigenvalue weighted by molar-refractivity contribution is 5.33. The lowest BCUT2D eigenvalue weighted by Gasteiger charge is -2.08. The molecule has 0 N–H and O–H groups in total. The third-order valence-corrected chi connectivity index (χ3v) is 2.84. The molecule has 0 saturated carbocycles. The summed E-state index contributed by atoms with van der Waals surface area (Å²) in [6.45, 7) is 5.84. The van der Waals surface area contributed by atoms with Crippen LogP contribution in [0.25, 0.3) is 0 Å². The highest BCUT2D eigenvalue weighted by Gasteiger charge is 1.97. The second-order valence-corrected chi connectivity index (χ2v) is 4.22. The predicted molar refractivity (Wildman–Crippen MR) is 68.3 cm³/mol. The minimum atomic E-state index is 0.725. The van der Waals surface area contributed by atoms with E-state index in [9.17, 15) is 0 Å². The van der Waals surface area contributed by atoms with E-state index in [-0.39, 0.29) is 0 Å². The van der Waals surface area contributed by atoms with E-state index in [0.29, 0.717) is 0 Å². The molecule has 3 nitrogen and oxygen atoms in total. The Bertz CT molecular complexity index is 463. The lowest BCUT2D eigenvalue weighted by atomic mass is 10.1. The van der Waals surface area contributed by atoms with E-state index >= 15 is 0 Å². The minimum Gasteiger partial charge on any atom is -0.494 e. The fourth-order valence-electron chi connectivity index (χ4n) is 1.65. The predicted octanol–water partition coefficient (Wildman–Crippen LogP) is 2.97. The second-order valence-electron chi connectivity index (χ2n) is 4.22. The first-order valence-corrected chi connectivity index (χ1v) is 5.93. The Hall–Kier alpha value is -1.77. The topological polar surface area (TPSA) is 27.1 Å². The van der Waals surface area contributed by atoms with Gasteiger partial charge in [0.15, 0.2) is 0 Å². The third kappa shape index (κ3) is 3.34. The molecular weight excluding hydrogens is 212 g/mol. The van der Waals surface area contributed by atoms with Crippen molar-refractivity contribution in [3.8, 4) is 5.75 Å². The first-order chi connectivity index (χ1) is 8.25. The molecule has 1 aromatic carbocycles. The second kappa shape index (κ2) is 5.53. The fourth-order valence-corrected chi connectivity index (χ4v) is 1.65. The smallest absolute Gasteiger partial charge is 0.119 e. The van der Waals surface area contributed by atoms with Crippen LogP contribution in [0.15, 0.2) is 36.7 Å². The molecule has 0 atom stereocenters. The van der Waals surface area contributed by atoms with E-state index in [1.165, 1.54) is 11.1 Å². The summed E-state index contributed by atoms with van der Waals surface area (Å²) in [7, 11) is 0. The quantitative estimate of drug-likeness (QED) is 0.738. The number of rotatable bonds is 5. The van der Waals surface area contributed by atoms with Gasteiger partial charge in [-0.3, -0.25) is 4.68 Å². The van der Waals surface area contributed by atoms with Crippen molar-refractivity contribution in [3.63, 3.8) is 0 Å². The van der Waals surface area contributed by atoms with Gasteiger partial charge in [-0.1, -0.05) is 6.07 Å². The standard InChI is InChI=1S/C14H18N2O/c1-12-5-6-14(11-13(12)2)17-10-4-9-16-8-3-7-15-16/h3,5-8,11H,4,9-10H2,1-2H3. The molecule has 0 aliphatic rings. The van der Waals surface area contributed by atoms with Gasteiger partial charge in [-0.25, -0.2) is 0 Å². The molecule has 0 aliphatic heterocycles. The number of ether oxygens (including phenoxy) is 1. The van der Waals surface area contributed by atoms with Gasteiger partial charge in [0, 0.05) is 25.4 Å². The van der Waals surface area contributed by atoms with Crippen LogP contribution in [0.5, 0.6) is 5.75 Å². The van der Waals surface area contributed by atoms with Gasteiger partial charge in [0.1, 0.15) is 5.75 Å². The van der Waals surface area contributed by atoms with Gasteiger partial charge >= 0.3 is 0 Å². The molecule has 0 bridgehead atoms. The summed E-state index contributed by atoms with van der Waals surface area (Å²) in [6, 6.07) is 8.14. The maximum Gasteiger partial charge on any atom is 0.119 e. The number of aromatic nitrogens is 2. The Morgan fingerprint density at radius 3 is 2.82 bits per heavy atom. The van der Waals surface area contributed by atoms with E-state index in [4.69, 9.17) is 4.74 Å². The van der Waals surface area contributed by atoms with Gasteiger partial charge in [-0.15, -0.1) is 0 Å². The van der Waals surface area contributed by atoms with Gasteiger partial charge in [-0.05, 0) is 43.2 Å². The van der Waals surface area contributed by atoms with Crippen molar-refractivity contribution in [2.45, 2.75) is 26.8 Å². The zero-order valence-corrected chi connectivity index (χ0v) is 10.4. The van der Waals surface area contributed by atoms with Crippen LogP contribution in [-0.4, -0.2) is 16.4 Å². The van der Waals surface area contributed by atoms with Gasteiger partial charge in [0.05, 0.1) is 6.61 Å². The molecule has 0 unspecified atom stereocenters. The van der Waals surface area contributed by atoms with Crippen molar-refractivity contribution in [2.75, 3.05) is 6.61 Å². The molecule has 0 amide bonds. The van der Waals surface area contributed by atoms with Crippen molar-refractivity contribution in [1.29, 1.82) is 0 Å². The highest BCUT2D eigenvalue weighted by atomic mass is 16.5. The van der Waals surface area contributed by atoms with Crippen LogP contribution in [0.3, 0.4) is 0 Å². The molecule has 90 valence electrons. The molecule has 0 spiro atoms. The summed E-state index contributed by atoms with van der Waals surface area (Å²) < 4.78 is 7.62. The minimum absolute atomic E-state index is 0.725. The number of hydrogen-bond acceptors (Lipinski definition) is 2. The van der Waals surface area contributed by atoms with Crippen LogP contribution < -0.4 is 4.74 Å². The maximum atomic E-state index is 5.70. The molecule has 0 radical (unpaired) electrons. The summed E-state index contributed by atoms with van der Waals surface area (Å²) in [4.78, 5) is 0. The Morgan fingerprint density at radius 2 is 2.12 bits per heavy atom. The normalized spacial score (nSPS) is 10.5. The van der Waals surface area contributed by atoms with Gasteiger partial charge in [-0.2, -0.15) is 5.10 Å². The molecule has 0 saturated heterocycles. The van der Waals surface area contributed by atoms with Crippen molar-refractivity contribution >= 4 is 0 Å². The van der Waals surface area contributed by atoms with Crippen molar-refractivity contribution < 1.29 is 4.74 Å². The largest absolute Gasteiger partial charge is 0.494 e. The lowest BCUT2D eigenvalue weighted by molar-refractivity contribution is 0.298. The summed E-state index contributed by atoms with van der Waals surface area (Å²) in [5, 5.41) is 4.15. The molecule has 17 heavy (non-hydrogen) atoms. The average molecular weight is 230 g/mol. The molecule has 2 aromatic rings. The van der Waals surface area contributed by atoms with Crippen LogP contribution >= 0.6 is 0 Å². The van der Waals surface area contributed by atoms with Crippen LogP contribution in [0.1, 0.15) is 17.5 Å². The van der Waals surface area contributed by atoms with Gasteiger partial charge < -0.3 is 4.74 Å². The van der Waals surface area contributed by atoms with E-state index < -0.39 is 0 Å². The number of benzene rings is 1. The Kier molecular flexibility index (Phi) is 3.81. The molecule has 2 rings (SSSR count). The highest BCUT2D eigenvalue weighted by Crippen LogP contribution is 2.16. The number of aryl methyl sites for hydroxylation is 3. The monoisotopic (exact) mass is 230 g/mol. The summed E-state index contributed by atoms with van der Waals surface area (Å²) in [6.07, 6.45) is 4.73. The molecular formula is C14H18N2O. The Labute approximate surface area is 102 Å². The van der Waals surface area contributed by atoms with Crippen LogP contribution in [-0.2, 0) is 6.54 Å². The van der Waals surface area contributed by atoms with E-state index in [0.717, 1.165) is 25.3 Å². The van der Waals surface area contributed by atoms with Crippen molar-refractivity contribution in [3.05, 3.63) is 47.8 Å². The third-order valence-electron chi connectivity index (χ3n) is 2.84. The summed E-state index contributed by atoms with van der Waals surface area (Å²) in [5.74, 6) is 0.952. The number of hydrogen-bond donors (Lipinski definition) is 0. The fraction of sp³-hybridized carbons (Fsp3) is 0.357. The molecule has 3 heteroatoms. The molecule has 1 heterocycles. The van der Waals surface area contributed by atoms with E-state index in [1.807, 2.05) is 23.0 Å².